The normalized spacial score (nSPS) is 14.7. The van der Waals surface area contributed by atoms with Crippen LogP contribution in [-0.4, -0.2) is 62.6 Å². The minimum Gasteiger partial charge on any atom is -0.480 e. The molecule has 9 nitrogen and oxygen atoms in total. The molecule has 202 valence electrons. The van der Waals surface area contributed by atoms with Gasteiger partial charge in [-0.1, -0.05) is 42.5 Å². The van der Waals surface area contributed by atoms with E-state index in [2.05, 4.69) is 5.32 Å². The van der Waals surface area contributed by atoms with E-state index in [1.54, 1.807) is 11.2 Å². The van der Waals surface area contributed by atoms with Gasteiger partial charge < -0.3 is 19.9 Å². The van der Waals surface area contributed by atoms with Crippen molar-refractivity contribution in [3.63, 3.8) is 0 Å². The van der Waals surface area contributed by atoms with Crippen molar-refractivity contribution in [2.75, 3.05) is 32.1 Å². The molecule has 38 heavy (non-hydrogen) atoms. The summed E-state index contributed by atoms with van der Waals surface area (Å²) in [5, 5.41) is 12.5. The van der Waals surface area contributed by atoms with Crippen LogP contribution in [0.5, 0.6) is 5.75 Å². The molecule has 0 amide bonds. The van der Waals surface area contributed by atoms with E-state index in [-0.39, 0.29) is 22.4 Å². The van der Waals surface area contributed by atoms with E-state index in [0.717, 1.165) is 21.7 Å². The van der Waals surface area contributed by atoms with Crippen LogP contribution >= 0.6 is 11.3 Å². The number of sulfonamides is 1. The van der Waals surface area contributed by atoms with Crippen molar-refractivity contribution in [1.29, 1.82) is 0 Å². The average molecular weight is 559 g/mol. The summed E-state index contributed by atoms with van der Waals surface area (Å²) in [6, 6.07) is 17.0. The van der Waals surface area contributed by atoms with Gasteiger partial charge in [0.05, 0.1) is 12.9 Å². The molecule has 2 heterocycles. The van der Waals surface area contributed by atoms with Gasteiger partial charge in [-0.05, 0) is 43.0 Å². The molecule has 0 aliphatic carbocycles. The third-order valence-electron chi connectivity index (χ3n) is 6.34. The van der Waals surface area contributed by atoms with Crippen LogP contribution in [0.3, 0.4) is 0 Å². The molecular weight excluding hydrogens is 528 g/mol. The van der Waals surface area contributed by atoms with Crippen LogP contribution in [0.2, 0.25) is 0 Å². The van der Waals surface area contributed by atoms with Gasteiger partial charge in [-0.3, -0.25) is 0 Å². The fourth-order valence-electron chi connectivity index (χ4n) is 4.45. The highest BCUT2D eigenvalue weighted by molar-refractivity contribution is 7.88. The smallest absolute Gasteiger partial charge is 0.351 e. The Bertz CT molecular complexity index is 1400. The SMILES string of the molecule is COC(=O)c1sc(-c2cccc(NC3CCN(S(=O)(=O)Cc4ccccc4)CC3)c2)c(C)c1OCC(=O)O. The number of rotatable bonds is 10. The second kappa shape index (κ2) is 12.0. The molecule has 11 heteroatoms. The molecule has 0 atom stereocenters. The van der Waals surface area contributed by atoms with Gasteiger partial charge in [0.1, 0.15) is 5.75 Å². The van der Waals surface area contributed by atoms with Gasteiger partial charge in [0.25, 0.3) is 0 Å². The summed E-state index contributed by atoms with van der Waals surface area (Å²) in [4.78, 5) is 24.3. The van der Waals surface area contributed by atoms with Crippen molar-refractivity contribution >= 4 is 39.0 Å². The first kappa shape index (κ1) is 27.6. The molecule has 0 bridgehead atoms. The maximum Gasteiger partial charge on any atom is 0.351 e. The Morgan fingerprint density at radius 1 is 1.11 bits per heavy atom. The summed E-state index contributed by atoms with van der Waals surface area (Å²) in [7, 11) is -2.12. The minimum absolute atomic E-state index is 0.000124. The number of aliphatic carboxylic acids is 1. The highest BCUT2D eigenvalue weighted by Gasteiger charge is 2.28. The lowest BCUT2D eigenvalue weighted by Crippen LogP contribution is -2.42. The molecule has 3 aromatic rings. The number of hydrogen-bond donors (Lipinski definition) is 2. The van der Waals surface area contributed by atoms with Crippen molar-refractivity contribution in [2.45, 2.75) is 31.6 Å². The van der Waals surface area contributed by atoms with E-state index < -0.39 is 28.6 Å². The monoisotopic (exact) mass is 558 g/mol. The lowest BCUT2D eigenvalue weighted by Gasteiger charge is -2.32. The third-order valence-corrected chi connectivity index (χ3v) is 9.49. The van der Waals surface area contributed by atoms with E-state index in [1.165, 1.54) is 18.4 Å². The van der Waals surface area contributed by atoms with Crippen molar-refractivity contribution < 1.29 is 32.6 Å². The second-order valence-corrected chi connectivity index (χ2v) is 12.0. The Kier molecular flexibility index (Phi) is 8.70. The molecule has 2 aromatic carbocycles. The number of carboxylic acids is 1. The maximum absolute atomic E-state index is 12.9. The lowest BCUT2D eigenvalue weighted by molar-refractivity contribution is -0.139. The van der Waals surface area contributed by atoms with Crippen molar-refractivity contribution in [1.82, 2.24) is 4.31 Å². The van der Waals surface area contributed by atoms with Crippen LogP contribution in [0, 0.1) is 6.92 Å². The molecule has 1 aromatic heterocycles. The predicted molar refractivity (Wildman–Crippen MR) is 146 cm³/mol. The summed E-state index contributed by atoms with van der Waals surface area (Å²) >= 11 is 1.19. The van der Waals surface area contributed by atoms with Gasteiger partial charge in [-0.15, -0.1) is 11.3 Å². The Balaban J connectivity index is 1.44. The van der Waals surface area contributed by atoms with Crippen LogP contribution in [0.4, 0.5) is 5.69 Å². The number of nitrogens with zero attached hydrogens (tertiary/aromatic N) is 1. The minimum atomic E-state index is -3.38. The van der Waals surface area contributed by atoms with E-state index in [0.29, 0.717) is 31.5 Å². The van der Waals surface area contributed by atoms with Gasteiger partial charge in [-0.25, -0.2) is 22.3 Å². The Hall–Kier alpha value is -3.41. The van der Waals surface area contributed by atoms with E-state index in [1.807, 2.05) is 54.6 Å². The van der Waals surface area contributed by atoms with E-state index in [9.17, 15) is 18.0 Å². The Morgan fingerprint density at radius 2 is 1.82 bits per heavy atom. The standard InChI is InChI=1S/C27H30N2O7S2/c1-18-24(36-16-23(30)31)26(27(32)35-2)37-25(18)20-9-6-10-22(15-20)28-21-11-13-29(14-12-21)38(33,34)17-19-7-4-3-5-8-19/h3-10,15,21,28H,11-14,16-17H2,1-2H3,(H,30,31). The van der Waals surface area contributed by atoms with Crippen molar-refractivity contribution in [2.24, 2.45) is 0 Å². The van der Waals surface area contributed by atoms with Gasteiger partial charge in [0, 0.05) is 35.3 Å². The summed E-state index contributed by atoms with van der Waals surface area (Å²) in [6.45, 7) is 2.11. The Labute approximate surface area is 226 Å². The molecule has 0 spiro atoms. The molecule has 4 rings (SSSR count). The number of esters is 1. The molecule has 0 unspecified atom stereocenters. The highest BCUT2D eigenvalue weighted by Crippen LogP contribution is 2.42. The topological polar surface area (TPSA) is 122 Å². The number of methoxy groups -OCH3 is 1. The molecule has 2 N–H and O–H groups in total. The molecule has 1 saturated heterocycles. The zero-order valence-corrected chi connectivity index (χ0v) is 22.8. The summed E-state index contributed by atoms with van der Waals surface area (Å²) in [5.74, 6) is -1.52. The summed E-state index contributed by atoms with van der Waals surface area (Å²) in [5.41, 5.74) is 3.15. The van der Waals surface area contributed by atoms with Gasteiger partial charge >= 0.3 is 11.9 Å². The number of ether oxygens (including phenoxy) is 2. The van der Waals surface area contributed by atoms with Crippen LogP contribution in [0.15, 0.2) is 54.6 Å². The van der Waals surface area contributed by atoms with Gasteiger partial charge in [0.2, 0.25) is 10.0 Å². The molecule has 1 aliphatic heterocycles. The number of carboxylic acid groups (broad SMARTS) is 1. The maximum atomic E-state index is 12.9. The number of benzene rings is 2. The number of hydrogen-bond acceptors (Lipinski definition) is 8. The zero-order chi connectivity index (χ0) is 27.3. The average Bonchev–Trinajstić information content (AvgIpc) is 3.23. The summed E-state index contributed by atoms with van der Waals surface area (Å²) in [6.07, 6.45) is 1.35. The lowest BCUT2D eigenvalue weighted by atomic mass is 10.0. The second-order valence-electron chi connectivity index (χ2n) is 9.03. The first-order valence-electron chi connectivity index (χ1n) is 12.1. The Morgan fingerprint density at radius 3 is 2.47 bits per heavy atom. The number of anilines is 1. The first-order valence-corrected chi connectivity index (χ1v) is 14.6. The fourth-order valence-corrected chi connectivity index (χ4v) is 7.18. The highest BCUT2D eigenvalue weighted by atomic mass is 32.2. The van der Waals surface area contributed by atoms with E-state index in [4.69, 9.17) is 14.6 Å². The largest absolute Gasteiger partial charge is 0.480 e. The van der Waals surface area contributed by atoms with Crippen LogP contribution in [-0.2, 0) is 25.3 Å². The predicted octanol–water partition coefficient (Wildman–Crippen LogP) is 4.38. The van der Waals surface area contributed by atoms with Gasteiger partial charge in [-0.2, -0.15) is 0 Å². The number of carbonyl (C=O) groups excluding carboxylic acids is 1. The van der Waals surface area contributed by atoms with Crippen LogP contribution < -0.4 is 10.1 Å². The summed E-state index contributed by atoms with van der Waals surface area (Å²) < 4.78 is 37.6. The quantitative estimate of drug-likeness (QED) is 0.352. The number of thiophene rings is 1. The number of carbonyl (C=O) groups is 2. The third kappa shape index (κ3) is 6.53. The van der Waals surface area contributed by atoms with Gasteiger partial charge in [0.15, 0.2) is 11.5 Å². The first-order chi connectivity index (χ1) is 18.2. The zero-order valence-electron chi connectivity index (χ0n) is 21.2. The molecule has 1 fully saturated rings. The van der Waals surface area contributed by atoms with E-state index >= 15 is 0 Å². The number of nitrogens with one attached hydrogen (secondary N) is 1. The molecule has 0 radical (unpaired) electrons. The van der Waals surface area contributed by atoms with Crippen LogP contribution in [0.25, 0.3) is 10.4 Å². The van der Waals surface area contributed by atoms with Crippen LogP contribution in [0.1, 0.15) is 33.6 Å². The molecule has 1 aliphatic rings. The fraction of sp³-hybridized carbons (Fsp3) is 0.333. The molecule has 0 saturated carbocycles. The van der Waals surface area contributed by atoms with Crippen molar-refractivity contribution in [3.05, 3.63) is 70.6 Å². The number of piperidine rings is 1. The molecular formula is C27H30N2O7S2. The van der Waals surface area contributed by atoms with Crippen molar-refractivity contribution in [3.8, 4) is 16.2 Å².